The lowest BCUT2D eigenvalue weighted by Gasteiger charge is -2.36. The first-order valence-electron chi connectivity index (χ1n) is 10.2. The van der Waals surface area contributed by atoms with Gasteiger partial charge in [0, 0.05) is 48.7 Å². The Bertz CT molecular complexity index is 1010. The van der Waals surface area contributed by atoms with E-state index in [4.69, 9.17) is 0 Å². The lowest BCUT2D eigenvalue weighted by atomic mass is 10.1. The van der Waals surface area contributed by atoms with Crippen LogP contribution in [0.3, 0.4) is 0 Å². The summed E-state index contributed by atoms with van der Waals surface area (Å²) in [7, 11) is 0. The molecular formula is C25H25N3O2. The molecular weight excluding hydrogens is 374 g/mol. The van der Waals surface area contributed by atoms with Crippen molar-refractivity contribution in [3.63, 3.8) is 0 Å². The van der Waals surface area contributed by atoms with Gasteiger partial charge < -0.3 is 15.1 Å². The van der Waals surface area contributed by atoms with E-state index in [2.05, 4.69) is 41.4 Å². The van der Waals surface area contributed by atoms with E-state index in [-0.39, 0.29) is 11.8 Å². The van der Waals surface area contributed by atoms with Crippen molar-refractivity contribution in [1.82, 2.24) is 4.90 Å². The Hall–Kier alpha value is -3.60. The van der Waals surface area contributed by atoms with Gasteiger partial charge in [-0.2, -0.15) is 0 Å². The maximum atomic E-state index is 12.9. The Morgan fingerprint density at radius 3 is 2.00 bits per heavy atom. The number of rotatable bonds is 4. The Labute approximate surface area is 176 Å². The highest BCUT2D eigenvalue weighted by atomic mass is 16.2. The zero-order chi connectivity index (χ0) is 20.9. The van der Waals surface area contributed by atoms with Crippen molar-refractivity contribution < 1.29 is 9.59 Å². The van der Waals surface area contributed by atoms with Gasteiger partial charge in [0.05, 0.1) is 0 Å². The minimum absolute atomic E-state index is 0.0273. The fourth-order valence-corrected chi connectivity index (χ4v) is 3.59. The number of hydrogen-bond donors (Lipinski definition) is 1. The number of carbonyl (C=O) groups excluding carboxylic acids is 2. The maximum absolute atomic E-state index is 12.9. The van der Waals surface area contributed by atoms with Crippen molar-refractivity contribution in [3.05, 3.63) is 95.6 Å². The highest BCUT2D eigenvalue weighted by molar-refractivity contribution is 6.04. The number of piperazine rings is 1. The molecule has 5 nitrogen and oxygen atoms in total. The molecule has 1 fully saturated rings. The van der Waals surface area contributed by atoms with E-state index in [1.807, 2.05) is 23.1 Å². The number of hydrogen-bond acceptors (Lipinski definition) is 3. The van der Waals surface area contributed by atoms with E-state index in [1.165, 1.54) is 11.3 Å². The van der Waals surface area contributed by atoms with Crippen LogP contribution in [0.25, 0.3) is 0 Å². The molecule has 3 aromatic rings. The third kappa shape index (κ3) is 4.51. The summed E-state index contributed by atoms with van der Waals surface area (Å²) in [6, 6.07) is 24.7. The van der Waals surface area contributed by atoms with Crippen molar-refractivity contribution in [2.24, 2.45) is 0 Å². The lowest BCUT2D eigenvalue weighted by molar-refractivity contribution is 0.0746. The smallest absolute Gasteiger partial charge is 0.255 e. The van der Waals surface area contributed by atoms with Crippen LogP contribution in [0.1, 0.15) is 26.3 Å². The highest BCUT2D eigenvalue weighted by Gasteiger charge is 2.22. The zero-order valence-corrected chi connectivity index (χ0v) is 17.0. The van der Waals surface area contributed by atoms with Gasteiger partial charge in [0.25, 0.3) is 11.8 Å². The van der Waals surface area contributed by atoms with Crippen molar-refractivity contribution in [2.75, 3.05) is 36.4 Å². The molecule has 0 bridgehead atoms. The average molecular weight is 399 g/mol. The van der Waals surface area contributed by atoms with Gasteiger partial charge in [-0.25, -0.2) is 0 Å². The zero-order valence-electron chi connectivity index (χ0n) is 17.0. The number of amides is 2. The molecule has 0 unspecified atom stereocenters. The molecule has 1 aliphatic rings. The second kappa shape index (κ2) is 8.82. The number of carbonyl (C=O) groups is 2. The summed E-state index contributed by atoms with van der Waals surface area (Å²) in [5, 5.41) is 2.86. The fourth-order valence-electron chi connectivity index (χ4n) is 3.59. The molecule has 1 saturated heterocycles. The first kappa shape index (κ1) is 19.7. The average Bonchev–Trinajstić information content (AvgIpc) is 2.80. The maximum Gasteiger partial charge on any atom is 0.255 e. The minimum atomic E-state index is -0.165. The third-order valence-electron chi connectivity index (χ3n) is 5.39. The minimum Gasteiger partial charge on any atom is -0.368 e. The van der Waals surface area contributed by atoms with Gasteiger partial charge in [-0.05, 0) is 55.5 Å². The molecule has 1 aliphatic heterocycles. The summed E-state index contributed by atoms with van der Waals surface area (Å²) in [5.41, 5.74) is 4.35. The van der Waals surface area contributed by atoms with Gasteiger partial charge in [0.15, 0.2) is 0 Å². The Balaban J connectivity index is 1.34. The number of aryl methyl sites for hydroxylation is 1. The summed E-state index contributed by atoms with van der Waals surface area (Å²) >= 11 is 0. The molecule has 0 aliphatic carbocycles. The molecule has 1 heterocycles. The second-order valence-electron chi connectivity index (χ2n) is 7.51. The molecule has 0 saturated carbocycles. The Morgan fingerprint density at radius 1 is 0.733 bits per heavy atom. The van der Waals surface area contributed by atoms with Crippen molar-refractivity contribution >= 4 is 23.2 Å². The van der Waals surface area contributed by atoms with Crippen molar-refractivity contribution in [3.8, 4) is 0 Å². The Morgan fingerprint density at radius 2 is 1.37 bits per heavy atom. The number of anilines is 2. The van der Waals surface area contributed by atoms with Gasteiger partial charge in [0.2, 0.25) is 0 Å². The van der Waals surface area contributed by atoms with Crippen LogP contribution < -0.4 is 10.2 Å². The first-order chi connectivity index (χ1) is 14.6. The quantitative estimate of drug-likeness (QED) is 0.715. The number of benzene rings is 3. The summed E-state index contributed by atoms with van der Waals surface area (Å²) in [6.07, 6.45) is 0. The van der Waals surface area contributed by atoms with Gasteiger partial charge in [-0.1, -0.05) is 35.9 Å². The normalized spacial score (nSPS) is 13.8. The van der Waals surface area contributed by atoms with E-state index in [1.54, 1.807) is 36.4 Å². The molecule has 152 valence electrons. The molecule has 0 atom stereocenters. The van der Waals surface area contributed by atoms with E-state index in [0.717, 1.165) is 13.1 Å². The van der Waals surface area contributed by atoms with Crippen LogP contribution in [0.2, 0.25) is 0 Å². The van der Waals surface area contributed by atoms with Crippen LogP contribution >= 0.6 is 0 Å². The predicted molar refractivity (Wildman–Crippen MR) is 120 cm³/mol. The third-order valence-corrected chi connectivity index (χ3v) is 5.39. The predicted octanol–water partition coefficient (Wildman–Crippen LogP) is 4.21. The Kier molecular flexibility index (Phi) is 5.80. The monoisotopic (exact) mass is 399 g/mol. The standard InChI is InChI=1S/C25H25N3O2/c1-19-7-13-23(14-8-19)27-15-17-28(18-16-27)25(30)21-9-11-22(12-10-21)26-24(29)20-5-3-2-4-6-20/h2-14H,15-18H2,1H3,(H,26,29). The van der Waals surface area contributed by atoms with Gasteiger partial charge in [0.1, 0.15) is 0 Å². The van der Waals surface area contributed by atoms with Crippen LogP contribution in [0.15, 0.2) is 78.9 Å². The van der Waals surface area contributed by atoms with E-state index < -0.39 is 0 Å². The topological polar surface area (TPSA) is 52.6 Å². The molecule has 5 heteroatoms. The molecule has 4 rings (SSSR count). The van der Waals surface area contributed by atoms with E-state index in [9.17, 15) is 9.59 Å². The first-order valence-corrected chi connectivity index (χ1v) is 10.2. The van der Waals surface area contributed by atoms with Crippen LogP contribution in [0.4, 0.5) is 11.4 Å². The molecule has 3 aromatic carbocycles. The van der Waals surface area contributed by atoms with Gasteiger partial charge >= 0.3 is 0 Å². The summed E-state index contributed by atoms with van der Waals surface area (Å²) in [6.45, 7) is 5.11. The highest BCUT2D eigenvalue weighted by Crippen LogP contribution is 2.19. The largest absolute Gasteiger partial charge is 0.368 e. The summed E-state index contributed by atoms with van der Waals surface area (Å²) in [4.78, 5) is 29.3. The van der Waals surface area contributed by atoms with Crippen molar-refractivity contribution in [2.45, 2.75) is 6.92 Å². The van der Waals surface area contributed by atoms with E-state index in [0.29, 0.717) is 29.9 Å². The lowest BCUT2D eigenvalue weighted by Crippen LogP contribution is -2.48. The van der Waals surface area contributed by atoms with Crippen LogP contribution in [0.5, 0.6) is 0 Å². The molecule has 0 spiro atoms. The number of nitrogens with one attached hydrogen (secondary N) is 1. The van der Waals surface area contributed by atoms with E-state index >= 15 is 0 Å². The molecule has 0 radical (unpaired) electrons. The van der Waals surface area contributed by atoms with Crippen LogP contribution in [-0.2, 0) is 0 Å². The van der Waals surface area contributed by atoms with Crippen LogP contribution in [0, 0.1) is 6.92 Å². The molecule has 1 N–H and O–H groups in total. The SMILES string of the molecule is Cc1ccc(N2CCN(C(=O)c3ccc(NC(=O)c4ccccc4)cc3)CC2)cc1. The number of nitrogens with zero attached hydrogens (tertiary/aromatic N) is 2. The van der Waals surface area contributed by atoms with Gasteiger partial charge in [-0.3, -0.25) is 9.59 Å². The molecule has 30 heavy (non-hydrogen) atoms. The fraction of sp³-hybridized carbons (Fsp3) is 0.200. The summed E-state index contributed by atoms with van der Waals surface area (Å²) < 4.78 is 0. The van der Waals surface area contributed by atoms with Gasteiger partial charge in [-0.15, -0.1) is 0 Å². The van der Waals surface area contributed by atoms with Crippen molar-refractivity contribution in [1.29, 1.82) is 0 Å². The van der Waals surface area contributed by atoms with Crippen LogP contribution in [-0.4, -0.2) is 42.9 Å². The second-order valence-corrected chi connectivity index (χ2v) is 7.51. The molecule has 0 aromatic heterocycles. The molecule has 2 amide bonds. The summed E-state index contributed by atoms with van der Waals surface area (Å²) in [5.74, 6) is -0.138.